The summed E-state index contributed by atoms with van der Waals surface area (Å²) in [4.78, 5) is 0. The zero-order chi connectivity index (χ0) is 15.6. The second kappa shape index (κ2) is 4.06. The van der Waals surface area contributed by atoms with Crippen LogP contribution in [-0.4, -0.2) is 5.16 Å². The van der Waals surface area contributed by atoms with E-state index in [0.29, 0.717) is 11.3 Å². The fourth-order valence-electron chi connectivity index (χ4n) is 3.36. The van der Waals surface area contributed by atoms with Crippen LogP contribution >= 0.6 is 0 Å². The molecule has 2 aromatic rings. The summed E-state index contributed by atoms with van der Waals surface area (Å²) in [6.07, 6.45) is 0. The Morgan fingerprint density at radius 1 is 1.14 bits per heavy atom. The molecule has 0 radical (unpaired) electrons. The van der Waals surface area contributed by atoms with Gasteiger partial charge in [0.2, 0.25) is 5.88 Å². The Bertz CT molecular complexity index is 705. The fourth-order valence-corrected chi connectivity index (χ4v) is 3.36. The van der Waals surface area contributed by atoms with E-state index in [4.69, 9.17) is 10.3 Å². The van der Waals surface area contributed by atoms with Crippen LogP contribution in [0, 0.1) is 22.5 Å². The molecule has 0 atom stereocenters. The zero-order valence-corrected chi connectivity index (χ0v) is 12.5. The molecule has 1 heterocycles. The Hall–Kier alpha value is -1.91. The number of nitrogen functional groups attached to an aromatic ring is 1. The van der Waals surface area contributed by atoms with E-state index >= 15 is 0 Å². The molecule has 1 aliphatic carbocycles. The normalized spacial score (nSPS) is 19.7. The molecule has 0 bridgehead atoms. The monoisotopic (exact) mass is 292 g/mol. The lowest BCUT2D eigenvalue weighted by Crippen LogP contribution is -1.96. The third-order valence-electron chi connectivity index (χ3n) is 5.24. The maximum absolute atomic E-state index is 14.1. The van der Waals surface area contributed by atoms with Crippen molar-refractivity contribution in [2.45, 2.75) is 33.6 Å². The molecule has 112 valence electrons. The summed E-state index contributed by atoms with van der Waals surface area (Å²) in [5.41, 5.74) is 7.18. The average Bonchev–Trinajstić information content (AvgIpc) is 2.65. The smallest absolute Gasteiger partial charge is 0.230 e. The van der Waals surface area contributed by atoms with Gasteiger partial charge in [0.15, 0.2) is 0 Å². The molecule has 3 nitrogen and oxygen atoms in total. The first kappa shape index (κ1) is 14.0. The number of benzene rings is 1. The minimum Gasteiger partial charge on any atom is -0.367 e. The van der Waals surface area contributed by atoms with Gasteiger partial charge in [-0.15, -0.1) is 0 Å². The van der Waals surface area contributed by atoms with E-state index in [2.05, 4.69) is 32.9 Å². The molecule has 0 aliphatic heterocycles. The van der Waals surface area contributed by atoms with E-state index in [1.54, 1.807) is 0 Å². The van der Waals surface area contributed by atoms with Crippen molar-refractivity contribution in [1.29, 1.82) is 0 Å². The van der Waals surface area contributed by atoms with Crippen molar-refractivity contribution in [2.75, 3.05) is 5.73 Å². The lowest BCUT2D eigenvalue weighted by molar-refractivity contribution is 0.423. The second-order valence-electron chi connectivity index (χ2n) is 6.81. The number of hydrogen-bond donors (Lipinski definition) is 1. The molecule has 1 saturated carbocycles. The Balaban J connectivity index is 2.15. The maximum Gasteiger partial charge on any atom is 0.230 e. The van der Waals surface area contributed by atoms with E-state index in [0.717, 1.165) is 6.07 Å². The zero-order valence-electron chi connectivity index (χ0n) is 12.5. The molecule has 0 unspecified atom stereocenters. The number of nitrogens with zero attached hydrogens (tertiary/aromatic N) is 1. The van der Waals surface area contributed by atoms with Gasteiger partial charge in [-0.25, -0.2) is 8.78 Å². The number of aromatic nitrogens is 1. The van der Waals surface area contributed by atoms with Crippen molar-refractivity contribution in [1.82, 2.24) is 5.16 Å². The molecule has 0 spiro atoms. The van der Waals surface area contributed by atoms with Crippen molar-refractivity contribution < 1.29 is 13.3 Å². The van der Waals surface area contributed by atoms with Gasteiger partial charge in [0, 0.05) is 17.5 Å². The minimum atomic E-state index is -0.664. The largest absolute Gasteiger partial charge is 0.367 e. The molecular weight excluding hydrogens is 274 g/mol. The highest BCUT2D eigenvalue weighted by Gasteiger charge is 2.67. The number of anilines is 1. The first-order valence-electron chi connectivity index (χ1n) is 6.88. The summed E-state index contributed by atoms with van der Waals surface area (Å²) < 4.78 is 32.3. The van der Waals surface area contributed by atoms with Crippen LogP contribution in [0.2, 0.25) is 0 Å². The van der Waals surface area contributed by atoms with Crippen LogP contribution in [0.15, 0.2) is 22.7 Å². The van der Waals surface area contributed by atoms with E-state index in [-0.39, 0.29) is 28.2 Å². The second-order valence-corrected chi connectivity index (χ2v) is 6.81. The molecular formula is C16H18F2N2O. The van der Waals surface area contributed by atoms with Crippen molar-refractivity contribution >= 4 is 5.88 Å². The van der Waals surface area contributed by atoms with Crippen LogP contribution in [0.1, 0.15) is 39.3 Å². The number of nitrogens with two attached hydrogens (primary N) is 1. The average molecular weight is 292 g/mol. The van der Waals surface area contributed by atoms with Crippen molar-refractivity contribution in [3.05, 3.63) is 35.5 Å². The van der Waals surface area contributed by atoms with Gasteiger partial charge in [-0.1, -0.05) is 32.9 Å². The van der Waals surface area contributed by atoms with Gasteiger partial charge in [-0.05, 0) is 23.0 Å². The van der Waals surface area contributed by atoms with Crippen LogP contribution in [0.3, 0.4) is 0 Å². The highest BCUT2D eigenvalue weighted by Crippen LogP contribution is 2.74. The Kier molecular flexibility index (Phi) is 2.71. The fraction of sp³-hybridized carbons (Fsp3) is 0.438. The van der Waals surface area contributed by atoms with E-state index in [9.17, 15) is 8.78 Å². The van der Waals surface area contributed by atoms with Gasteiger partial charge in [0.05, 0.1) is 11.3 Å². The van der Waals surface area contributed by atoms with Crippen molar-refractivity contribution in [3.63, 3.8) is 0 Å². The van der Waals surface area contributed by atoms with Crippen molar-refractivity contribution in [2.24, 2.45) is 10.8 Å². The Morgan fingerprint density at radius 3 is 2.29 bits per heavy atom. The molecule has 21 heavy (non-hydrogen) atoms. The maximum atomic E-state index is 14.1. The third-order valence-corrected chi connectivity index (χ3v) is 5.24. The molecule has 0 amide bonds. The highest BCUT2D eigenvalue weighted by molar-refractivity contribution is 5.77. The molecule has 5 heteroatoms. The predicted octanol–water partition coefficient (Wildman–Crippen LogP) is 4.35. The number of hydrogen-bond acceptors (Lipinski definition) is 3. The minimum absolute atomic E-state index is 0.0154. The first-order valence-corrected chi connectivity index (χ1v) is 6.88. The standard InChI is InChI=1S/C16H18F2N2O/c1-15(2)13(16(15,3)4)12-11(14(19)21-20-12)9-6-5-8(17)7-10(9)18/h5-7,13H,19H2,1-4H3. The summed E-state index contributed by atoms with van der Waals surface area (Å²) in [7, 11) is 0. The molecule has 0 saturated heterocycles. The van der Waals surface area contributed by atoms with Gasteiger partial charge < -0.3 is 10.3 Å². The Labute approximate surface area is 122 Å². The summed E-state index contributed by atoms with van der Waals surface area (Å²) >= 11 is 0. The van der Waals surface area contributed by atoms with Crippen LogP contribution < -0.4 is 5.73 Å². The van der Waals surface area contributed by atoms with Crippen LogP contribution in [0.25, 0.3) is 11.1 Å². The Morgan fingerprint density at radius 2 is 1.76 bits per heavy atom. The molecule has 1 aromatic carbocycles. The van der Waals surface area contributed by atoms with Crippen LogP contribution in [0.5, 0.6) is 0 Å². The summed E-state index contributed by atoms with van der Waals surface area (Å²) in [5, 5.41) is 4.05. The molecule has 1 aromatic heterocycles. The predicted molar refractivity (Wildman–Crippen MR) is 76.6 cm³/mol. The van der Waals surface area contributed by atoms with Crippen LogP contribution in [-0.2, 0) is 0 Å². The summed E-state index contributed by atoms with van der Waals surface area (Å²) in [6.45, 7) is 8.53. The summed E-state index contributed by atoms with van der Waals surface area (Å²) in [6, 6.07) is 3.42. The lowest BCUT2D eigenvalue weighted by atomic mass is 9.99. The lowest BCUT2D eigenvalue weighted by Gasteiger charge is -2.05. The SMILES string of the molecule is CC1(C)C(c2noc(N)c2-c2ccc(F)cc2F)C1(C)C. The van der Waals surface area contributed by atoms with Crippen LogP contribution in [0.4, 0.5) is 14.7 Å². The van der Waals surface area contributed by atoms with Crippen molar-refractivity contribution in [3.8, 4) is 11.1 Å². The van der Waals surface area contributed by atoms with Gasteiger partial charge in [0.25, 0.3) is 0 Å². The number of halogens is 2. The van der Waals surface area contributed by atoms with E-state index in [1.807, 2.05) is 0 Å². The van der Waals surface area contributed by atoms with E-state index < -0.39 is 11.6 Å². The molecule has 1 fully saturated rings. The van der Waals surface area contributed by atoms with Gasteiger partial charge in [-0.2, -0.15) is 0 Å². The van der Waals surface area contributed by atoms with E-state index in [1.165, 1.54) is 12.1 Å². The highest BCUT2D eigenvalue weighted by atomic mass is 19.1. The summed E-state index contributed by atoms with van der Waals surface area (Å²) in [5.74, 6) is -1.11. The quantitative estimate of drug-likeness (QED) is 0.895. The third kappa shape index (κ3) is 1.79. The first-order chi connectivity index (χ1) is 9.68. The molecule has 2 N–H and O–H groups in total. The van der Waals surface area contributed by atoms with Gasteiger partial charge in [-0.3, -0.25) is 0 Å². The topological polar surface area (TPSA) is 52.0 Å². The molecule has 1 aliphatic rings. The number of rotatable bonds is 2. The van der Waals surface area contributed by atoms with Gasteiger partial charge >= 0.3 is 0 Å². The van der Waals surface area contributed by atoms with Gasteiger partial charge in [0.1, 0.15) is 11.6 Å². The molecule has 3 rings (SSSR count).